The molecule has 2 amide bonds. The summed E-state index contributed by atoms with van der Waals surface area (Å²) >= 11 is 1.48. The minimum Gasteiger partial charge on any atom is -0.444 e. The molecular weight excluding hydrogens is 424 g/mol. The minimum atomic E-state index is -1.10. The number of hydrogen-bond donors (Lipinski definition) is 1. The Bertz CT molecular complexity index is 1090. The number of fused-ring (bicyclic) bond motifs is 1. The molecule has 164 valence electrons. The van der Waals surface area contributed by atoms with E-state index in [1.54, 1.807) is 45.5 Å². The van der Waals surface area contributed by atoms with Crippen LogP contribution in [0, 0.1) is 11.6 Å². The summed E-state index contributed by atoms with van der Waals surface area (Å²) in [5.41, 5.74) is 2.48. The van der Waals surface area contributed by atoms with Gasteiger partial charge in [0.2, 0.25) is 5.91 Å². The van der Waals surface area contributed by atoms with Crippen molar-refractivity contribution in [1.82, 2.24) is 10.3 Å². The fourth-order valence-corrected chi connectivity index (χ4v) is 3.69. The number of carbonyl (C=O) groups is 2. The Morgan fingerprint density at radius 1 is 1.16 bits per heavy atom. The Kier molecular flexibility index (Phi) is 6.54. The predicted octanol–water partition coefficient (Wildman–Crippen LogP) is 4.67. The molecule has 0 saturated heterocycles. The highest BCUT2D eigenvalue weighted by atomic mass is 32.1. The normalized spacial score (nSPS) is 12.5. The molecule has 0 spiro atoms. The van der Waals surface area contributed by atoms with Gasteiger partial charge in [0.05, 0.1) is 15.7 Å². The SMILES string of the molecule is CN(C(=O)C(Cc1cc(F)cc(F)c1)NC(=O)OC(C)(C)C)c1ccc2scnc2c1. The van der Waals surface area contributed by atoms with Gasteiger partial charge in [0.1, 0.15) is 23.3 Å². The zero-order valence-electron chi connectivity index (χ0n) is 17.6. The first-order valence-corrected chi connectivity index (χ1v) is 10.4. The summed E-state index contributed by atoms with van der Waals surface area (Å²) in [6, 6.07) is 7.28. The molecule has 1 heterocycles. The van der Waals surface area contributed by atoms with E-state index < -0.39 is 35.3 Å². The summed E-state index contributed by atoms with van der Waals surface area (Å²) in [5.74, 6) is -1.99. The van der Waals surface area contributed by atoms with Crippen molar-refractivity contribution >= 4 is 39.2 Å². The first kappa shape index (κ1) is 22.6. The largest absolute Gasteiger partial charge is 0.444 e. The van der Waals surface area contributed by atoms with Gasteiger partial charge in [-0.1, -0.05) is 0 Å². The quantitative estimate of drug-likeness (QED) is 0.617. The van der Waals surface area contributed by atoms with Crippen LogP contribution in [0.1, 0.15) is 26.3 Å². The van der Waals surface area contributed by atoms with E-state index in [-0.39, 0.29) is 12.0 Å². The number of likely N-dealkylation sites (N-methyl/N-ethyl adjacent to an activating group) is 1. The number of alkyl carbamates (subject to hydrolysis) is 1. The van der Waals surface area contributed by atoms with Gasteiger partial charge in [-0.05, 0) is 56.7 Å². The molecule has 3 rings (SSSR count). The molecule has 1 aromatic heterocycles. The van der Waals surface area contributed by atoms with E-state index >= 15 is 0 Å². The third-order valence-corrected chi connectivity index (χ3v) is 5.19. The van der Waals surface area contributed by atoms with E-state index in [1.165, 1.54) is 16.2 Å². The number of ether oxygens (including phenoxy) is 1. The lowest BCUT2D eigenvalue weighted by atomic mass is 10.0. The molecule has 0 aliphatic carbocycles. The van der Waals surface area contributed by atoms with E-state index in [2.05, 4.69) is 10.3 Å². The lowest BCUT2D eigenvalue weighted by molar-refractivity contribution is -0.120. The molecule has 2 aromatic carbocycles. The van der Waals surface area contributed by atoms with Crippen LogP contribution in [0.4, 0.5) is 19.3 Å². The van der Waals surface area contributed by atoms with Crippen molar-refractivity contribution < 1.29 is 23.1 Å². The number of carbonyl (C=O) groups excluding carboxylic acids is 2. The summed E-state index contributed by atoms with van der Waals surface area (Å²) in [6.07, 6.45) is -0.915. The molecule has 1 atom stereocenters. The summed E-state index contributed by atoms with van der Waals surface area (Å²) in [4.78, 5) is 31.2. The van der Waals surface area contributed by atoms with Gasteiger partial charge in [0, 0.05) is 25.2 Å². The molecule has 0 saturated carbocycles. The lowest BCUT2D eigenvalue weighted by Crippen LogP contribution is -2.50. The van der Waals surface area contributed by atoms with Crippen LogP contribution in [-0.2, 0) is 16.0 Å². The lowest BCUT2D eigenvalue weighted by Gasteiger charge is -2.26. The number of anilines is 1. The number of hydrogen-bond acceptors (Lipinski definition) is 5. The molecule has 0 aliphatic rings. The molecule has 0 radical (unpaired) electrons. The molecule has 1 unspecified atom stereocenters. The molecule has 31 heavy (non-hydrogen) atoms. The number of halogens is 2. The van der Waals surface area contributed by atoms with Gasteiger partial charge in [-0.25, -0.2) is 18.6 Å². The van der Waals surface area contributed by atoms with Crippen LogP contribution in [0.5, 0.6) is 0 Å². The zero-order chi connectivity index (χ0) is 22.8. The van der Waals surface area contributed by atoms with Crippen LogP contribution in [0.2, 0.25) is 0 Å². The Hall–Kier alpha value is -3.07. The Labute approximate surface area is 182 Å². The van der Waals surface area contributed by atoms with E-state index in [0.717, 1.165) is 28.4 Å². The number of benzene rings is 2. The monoisotopic (exact) mass is 447 g/mol. The highest BCUT2D eigenvalue weighted by Crippen LogP contribution is 2.24. The standard InChI is InChI=1S/C22H23F2N3O3S/c1-22(2,3)30-21(29)26-18(9-13-7-14(23)10-15(24)8-13)20(28)27(4)16-5-6-19-17(11-16)25-12-31-19/h5-8,10-12,18H,9H2,1-4H3,(H,26,29). The van der Waals surface area contributed by atoms with E-state index in [1.807, 2.05) is 6.07 Å². The average Bonchev–Trinajstić information content (AvgIpc) is 3.11. The maximum atomic E-state index is 13.7. The number of aromatic nitrogens is 1. The van der Waals surface area contributed by atoms with Crippen LogP contribution in [0.25, 0.3) is 10.2 Å². The minimum absolute atomic E-state index is 0.115. The predicted molar refractivity (Wildman–Crippen MR) is 116 cm³/mol. The highest BCUT2D eigenvalue weighted by molar-refractivity contribution is 7.16. The van der Waals surface area contributed by atoms with Crippen molar-refractivity contribution in [2.45, 2.75) is 38.8 Å². The highest BCUT2D eigenvalue weighted by Gasteiger charge is 2.28. The number of nitrogens with one attached hydrogen (secondary N) is 1. The average molecular weight is 448 g/mol. The molecule has 6 nitrogen and oxygen atoms in total. The van der Waals surface area contributed by atoms with Crippen molar-refractivity contribution in [2.24, 2.45) is 0 Å². The summed E-state index contributed by atoms with van der Waals surface area (Å²) < 4.78 is 33.5. The number of thiazole rings is 1. The van der Waals surface area contributed by atoms with Crippen molar-refractivity contribution in [2.75, 3.05) is 11.9 Å². The first-order chi connectivity index (χ1) is 14.5. The molecule has 0 aliphatic heterocycles. The van der Waals surface area contributed by atoms with Crippen LogP contribution in [0.3, 0.4) is 0 Å². The van der Waals surface area contributed by atoms with Gasteiger partial charge in [0.25, 0.3) is 0 Å². The molecule has 9 heteroatoms. The van der Waals surface area contributed by atoms with E-state index in [0.29, 0.717) is 5.69 Å². The number of nitrogens with zero attached hydrogens (tertiary/aromatic N) is 2. The topological polar surface area (TPSA) is 71.5 Å². The van der Waals surface area contributed by atoms with Gasteiger partial charge in [-0.15, -0.1) is 11.3 Å². The Morgan fingerprint density at radius 3 is 2.48 bits per heavy atom. The van der Waals surface area contributed by atoms with Crippen molar-refractivity contribution in [3.8, 4) is 0 Å². The second kappa shape index (κ2) is 8.97. The number of amides is 2. The molecule has 3 aromatic rings. The molecular formula is C22H23F2N3O3S. The van der Waals surface area contributed by atoms with Crippen LogP contribution in [-0.4, -0.2) is 35.7 Å². The summed E-state index contributed by atoms with van der Waals surface area (Å²) in [7, 11) is 1.56. The fraction of sp³-hybridized carbons (Fsp3) is 0.318. The fourth-order valence-electron chi connectivity index (χ4n) is 3.03. The second-order valence-corrected chi connectivity index (χ2v) is 8.97. The Morgan fingerprint density at radius 2 is 1.84 bits per heavy atom. The maximum Gasteiger partial charge on any atom is 0.408 e. The van der Waals surface area contributed by atoms with Crippen LogP contribution in [0.15, 0.2) is 41.9 Å². The van der Waals surface area contributed by atoms with Crippen molar-refractivity contribution in [1.29, 1.82) is 0 Å². The van der Waals surface area contributed by atoms with Crippen LogP contribution >= 0.6 is 11.3 Å². The molecule has 1 N–H and O–H groups in total. The summed E-state index contributed by atoms with van der Waals surface area (Å²) in [6.45, 7) is 5.08. The summed E-state index contributed by atoms with van der Waals surface area (Å²) in [5, 5.41) is 2.53. The van der Waals surface area contributed by atoms with Crippen LogP contribution < -0.4 is 10.2 Å². The van der Waals surface area contributed by atoms with E-state index in [4.69, 9.17) is 4.74 Å². The van der Waals surface area contributed by atoms with Gasteiger partial charge in [-0.2, -0.15) is 0 Å². The van der Waals surface area contributed by atoms with Crippen molar-refractivity contribution in [3.05, 3.63) is 59.1 Å². The van der Waals surface area contributed by atoms with Crippen molar-refractivity contribution in [3.63, 3.8) is 0 Å². The third kappa shape index (κ3) is 5.97. The molecule has 0 fully saturated rings. The second-order valence-electron chi connectivity index (χ2n) is 8.08. The van der Waals surface area contributed by atoms with Gasteiger partial charge in [-0.3, -0.25) is 4.79 Å². The number of rotatable bonds is 5. The third-order valence-electron chi connectivity index (χ3n) is 4.38. The van der Waals surface area contributed by atoms with Gasteiger partial charge >= 0.3 is 6.09 Å². The smallest absolute Gasteiger partial charge is 0.408 e. The molecule has 0 bridgehead atoms. The van der Waals surface area contributed by atoms with Gasteiger partial charge in [0.15, 0.2) is 0 Å². The van der Waals surface area contributed by atoms with E-state index in [9.17, 15) is 18.4 Å². The maximum absolute atomic E-state index is 13.7. The zero-order valence-corrected chi connectivity index (χ0v) is 18.4. The first-order valence-electron chi connectivity index (χ1n) is 9.57. The van der Waals surface area contributed by atoms with Gasteiger partial charge < -0.3 is 15.0 Å². The Balaban J connectivity index is 1.87.